The minimum absolute atomic E-state index is 0.0347. The number of phenols is 1. The molecule has 0 radical (unpaired) electrons. The molecule has 1 aliphatic rings. The SMILES string of the molecule is C=C1/C=C\CC(C)OC(=O)c2c(O)cc(OCCC)cc2/C=C/CC(O)C1O. The van der Waals surface area contributed by atoms with E-state index in [1.54, 1.807) is 37.3 Å². The number of phenolic OH excluding ortho intramolecular Hbond substituents is 1. The largest absolute Gasteiger partial charge is 0.507 e. The Morgan fingerprint density at radius 3 is 2.64 bits per heavy atom. The van der Waals surface area contributed by atoms with E-state index in [2.05, 4.69) is 6.58 Å². The second-order valence-corrected chi connectivity index (χ2v) is 6.83. The topological polar surface area (TPSA) is 96.2 Å². The molecule has 152 valence electrons. The van der Waals surface area contributed by atoms with Gasteiger partial charge in [-0.05, 0) is 37.0 Å². The van der Waals surface area contributed by atoms with Gasteiger partial charge in [0, 0.05) is 12.5 Å². The summed E-state index contributed by atoms with van der Waals surface area (Å²) in [6.45, 7) is 7.93. The Hall–Kier alpha value is -2.57. The quantitative estimate of drug-likeness (QED) is 0.687. The molecule has 1 heterocycles. The Morgan fingerprint density at radius 2 is 1.93 bits per heavy atom. The standard InChI is InChI=1S/C22H28O6/c1-4-11-27-17-12-16-9-6-10-18(23)21(25)14(2)7-5-8-15(3)28-22(26)20(16)19(24)13-17/h5-7,9,12-13,15,18,21,23-25H,2,4,8,10-11H2,1,3H3/b7-5-,9-6+. The number of aliphatic hydroxyl groups is 2. The molecule has 0 fully saturated rings. The van der Waals surface area contributed by atoms with Gasteiger partial charge in [-0.15, -0.1) is 0 Å². The van der Waals surface area contributed by atoms with Gasteiger partial charge in [-0.3, -0.25) is 0 Å². The summed E-state index contributed by atoms with van der Waals surface area (Å²) in [5, 5.41) is 30.7. The number of aromatic hydroxyl groups is 1. The molecule has 1 aliphatic heterocycles. The van der Waals surface area contributed by atoms with Crippen LogP contribution in [0, 0.1) is 0 Å². The van der Waals surface area contributed by atoms with E-state index >= 15 is 0 Å². The fourth-order valence-electron chi connectivity index (χ4n) is 2.79. The lowest BCUT2D eigenvalue weighted by Gasteiger charge is -2.18. The first-order valence-corrected chi connectivity index (χ1v) is 9.42. The Balaban J connectivity index is 2.43. The fourth-order valence-corrected chi connectivity index (χ4v) is 2.79. The molecule has 1 aromatic carbocycles. The highest BCUT2D eigenvalue weighted by molar-refractivity contribution is 5.97. The smallest absolute Gasteiger partial charge is 0.342 e. The van der Waals surface area contributed by atoms with E-state index in [-0.39, 0.29) is 17.7 Å². The zero-order valence-electron chi connectivity index (χ0n) is 16.3. The summed E-state index contributed by atoms with van der Waals surface area (Å²) in [6, 6.07) is 3.03. The van der Waals surface area contributed by atoms with Crippen LogP contribution in [0.15, 0.2) is 42.5 Å². The average Bonchev–Trinajstić information content (AvgIpc) is 2.64. The summed E-state index contributed by atoms with van der Waals surface area (Å²) in [6.07, 6.45) is 5.29. The van der Waals surface area contributed by atoms with Crippen molar-refractivity contribution in [3.8, 4) is 11.5 Å². The second-order valence-electron chi connectivity index (χ2n) is 6.83. The van der Waals surface area contributed by atoms with Gasteiger partial charge < -0.3 is 24.8 Å². The molecule has 28 heavy (non-hydrogen) atoms. The zero-order valence-corrected chi connectivity index (χ0v) is 16.3. The van der Waals surface area contributed by atoms with Crippen molar-refractivity contribution in [1.82, 2.24) is 0 Å². The molecule has 0 amide bonds. The van der Waals surface area contributed by atoms with Crippen LogP contribution in [0.2, 0.25) is 0 Å². The summed E-state index contributed by atoms with van der Waals surface area (Å²) in [5.41, 5.74) is 0.827. The number of esters is 1. The molecule has 3 unspecified atom stereocenters. The first kappa shape index (κ1) is 21.7. The van der Waals surface area contributed by atoms with Crippen LogP contribution >= 0.6 is 0 Å². The van der Waals surface area contributed by atoms with Crippen molar-refractivity contribution in [2.24, 2.45) is 0 Å². The molecule has 0 aromatic heterocycles. The van der Waals surface area contributed by atoms with Gasteiger partial charge in [0.05, 0.1) is 12.7 Å². The van der Waals surface area contributed by atoms with Crippen molar-refractivity contribution >= 4 is 12.0 Å². The summed E-state index contributed by atoms with van der Waals surface area (Å²) in [4.78, 5) is 12.6. The number of hydrogen-bond donors (Lipinski definition) is 3. The molecule has 6 nitrogen and oxygen atoms in total. The van der Waals surface area contributed by atoms with Crippen molar-refractivity contribution in [3.05, 3.63) is 53.6 Å². The molecule has 6 heteroatoms. The lowest BCUT2D eigenvalue weighted by molar-refractivity contribution is 0.0343. The number of benzene rings is 1. The number of hydrogen-bond acceptors (Lipinski definition) is 6. The third-order valence-corrected chi connectivity index (χ3v) is 4.33. The number of ether oxygens (including phenoxy) is 2. The minimum Gasteiger partial charge on any atom is -0.507 e. The summed E-state index contributed by atoms with van der Waals surface area (Å²) >= 11 is 0. The molecule has 0 bridgehead atoms. The van der Waals surface area contributed by atoms with Crippen molar-refractivity contribution in [1.29, 1.82) is 0 Å². The maximum atomic E-state index is 12.6. The van der Waals surface area contributed by atoms with Crippen LogP contribution in [0.3, 0.4) is 0 Å². The molecular formula is C22H28O6. The Labute approximate surface area is 165 Å². The molecule has 0 saturated heterocycles. The number of cyclic esters (lactones) is 1. The van der Waals surface area contributed by atoms with Crippen LogP contribution in [0.5, 0.6) is 11.5 Å². The van der Waals surface area contributed by atoms with Crippen molar-refractivity contribution < 1.29 is 29.6 Å². The fraction of sp³-hybridized carbons (Fsp3) is 0.409. The Bertz CT molecular complexity index is 765. The summed E-state index contributed by atoms with van der Waals surface area (Å²) < 4.78 is 11.0. The van der Waals surface area contributed by atoms with Gasteiger partial charge in [-0.25, -0.2) is 4.79 Å². The highest BCUT2D eigenvalue weighted by Gasteiger charge is 2.22. The first-order valence-electron chi connectivity index (χ1n) is 9.42. The molecule has 3 N–H and O–H groups in total. The van der Waals surface area contributed by atoms with E-state index in [0.29, 0.717) is 29.9 Å². The van der Waals surface area contributed by atoms with Crippen LogP contribution in [-0.4, -0.2) is 46.2 Å². The predicted molar refractivity (Wildman–Crippen MR) is 107 cm³/mol. The average molecular weight is 388 g/mol. The van der Waals surface area contributed by atoms with Crippen LogP contribution < -0.4 is 4.74 Å². The van der Waals surface area contributed by atoms with E-state index in [0.717, 1.165) is 6.42 Å². The van der Waals surface area contributed by atoms with E-state index in [1.807, 2.05) is 6.92 Å². The minimum atomic E-state index is -1.10. The number of fused-ring (bicyclic) bond motifs is 1. The van der Waals surface area contributed by atoms with Crippen molar-refractivity contribution in [2.45, 2.75) is 51.4 Å². The van der Waals surface area contributed by atoms with Gasteiger partial charge in [0.15, 0.2) is 0 Å². The highest BCUT2D eigenvalue weighted by Crippen LogP contribution is 2.31. The van der Waals surface area contributed by atoms with Gasteiger partial charge in [-0.2, -0.15) is 0 Å². The van der Waals surface area contributed by atoms with E-state index < -0.39 is 24.3 Å². The van der Waals surface area contributed by atoms with Gasteiger partial charge in [-0.1, -0.05) is 37.8 Å². The van der Waals surface area contributed by atoms with Gasteiger partial charge in [0.25, 0.3) is 0 Å². The summed E-state index contributed by atoms with van der Waals surface area (Å²) in [5.74, 6) is -0.444. The third-order valence-electron chi connectivity index (χ3n) is 4.33. The lowest BCUT2D eigenvalue weighted by atomic mass is 10.00. The number of rotatable bonds is 3. The van der Waals surface area contributed by atoms with E-state index in [4.69, 9.17) is 9.47 Å². The van der Waals surface area contributed by atoms with E-state index in [1.165, 1.54) is 6.07 Å². The third kappa shape index (κ3) is 5.71. The maximum absolute atomic E-state index is 12.6. The maximum Gasteiger partial charge on any atom is 0.342 e. The number of aliphatic hydroxyl groups excluding tert-OH is 2. The van der Waals surface area contributed by atoms with E-state index in [9.17, 15) is 20.1 Å². The molecule has 0 spiro atoms. The lowest BCUT2D eigenvalue weighted by Crippen LogP contribution is -2.26. The second kappa shape index (κ2) is 10.1. The zero-order chi connectivity index (χ0) is 20.7. The van der Waals surface area contributed by atoms with Gasteiger partial charge in [0.1, 0.15) is 29.3 Å². The van der Waals surface area contributed by atoms with Crippen LogP contribution in [-0.2, 0) is 4.74 Å². The summed E-state index contributed by atoms with van der Waals surface area (Å²) in [7, 11) is 0. The van der Waals surface area contributed by atoms with Gasteiger partial charge in [0.2, 0.25) is 0 Å². The number of carbonyl (C=O) groups is 1. The Kier molecular flexibility index (Phi) is 7.84. The highest BCUT2D eigenvalue weighted by atomic mass is 16.5. The Morgan fingerprint density at radius 1 is 1.21 bits per heavy atom. The molecule has 1 aromatic rings. The van der Waals surface area contributed by atoms with Crippen LogP contribution in [0.25, 0.3) is 6.08 Å². The van der Waals surface area contributed by atoms with Crippen LogP contribution in [0.4, 0.5) is 0 Å². The molecule has 3 atom stereocenters. The van der Waals surface area contributed by atoms with Crippen molar-refractivity contribution in [2.75, 3.05) is 6.61 Å². The molecular weight excluding hydrogens is 360 g/mol. The molecule has 0 saturated carbocycles. The predicted octanol–water partition coefficient (Wildman–Crippen LogP) is 3.37. The normalized spacial score (nSPS) is 25.9. The molecule has 0 aliphatic carbocycles. The number of carbonyl (C=O) groups excluding carboxylic acids is 1. The monoisotopic (exact) mass is 388 g/mol. The first-order chi connectivity index (χ1) is 13.3. The van der Waals surface area contributed by atoms with Crippen molar-refractivity contribution in [3.63, 3.8) is 0 Å². The van der Waals surface area contributed by atoms with Gasteiger partial charge >= 0.3 is 5.97 Å². The molecule has 2 rings (SSSR count). The van der Waals surface area contributed by atoms with Crippen LogP contribution in [0.1, 0.15) is 49.0 Å².